The molecule has 3 heteroatoms. The van der Waals surface area contributed by atoms with Crippen molar-refractivity contribution in [1.82, 2.24) is 4.57 Å². The smallest absolute Gasteiger partial charge is 0.128 e. The molecular formula is C17H17NO2. The van der Waals surface area contributed by atoms with Crippen molar-refractivity contribution in [3.05, 3.63) is 59.8 Å². The summed E-state index contributed by atoms with van der Waals surface area (Å²) >= 11 is 0. The zero-order valence-electron chi connectivity index (χ0n) is 11.6. The van der Waals surface area contributed by atoms with Crippen LogP contribution in [0.5, 0.6) is 11.5 Å². The highest BCUT2D eigenvalue weighted by atomic mass is 16.5. The number of nitrogens with zero attached hydrogens (tertiary/aromatic N) is 1. The molecule has 1 heterocycles. The molecule has 102 valence electrons. The van der Waals surface area contributed by atoms with E-state index in [0.29, 0.717) is 12.4 Å². The molecule has 1 aromatic heterocycles. The first-order chi connectivity index (χ1) is 9.65. The maximum atomic E-state index is 9.43. The highest BCUT2D eigenvalue weighted by Gasteiger charge is 2.08. The second kappa shape index (κ2) is 4.93. The van der Waals surface area contributed by atoms with E-state index < -0.39 is 0 Å². The summed E-state index contributed by atoms with van der Waals surface area (Å²) in [5.41, 5.74) is 3.58. The van der Waals surface area contributed by atoms with Crippen molar-refractivity contribution in [1.29, 1.82) is 0 Å². The third-order valence-electron chi connectivity index (χ3n) is 3.61. The van der Waals surface area contributed by atoms with E-state index in [0.717, 1.165) is 5.69 Å². The van der Waals surface area contributed by atoms with Crippen LogP contribution in [0.2, 0.25) is 0 Å². The molecule has 0 aliphatic rings. The van der Waals surface area contributed by atoms with Gasteiger partial charge in [0.25, 0.3) is 0 Å². The predicted molar refractivity (Wildman–Crippen MR) is 80.1 cm³/mol. The SMILES string of the molecule is Cc1cccc2c1cc(COc1cccc(O)c1)n2C. The number of rotatable bonds is 3. The van der Waals surface area contributed by atoms with Crippen molar-refractivity contribution in [3.63, 3.8) is 0 Å². The molecule has 20 heavy (non-hydrogen) atoms. The number of aromatic nitrogens is 1. The Balaban J connectivity index is 1.88. The molecule has 3 nitrogen and oxygen atoms in total. The van der Waals surface area contributed by atoms with E-state index >= 15 is 0 Å². The molecule has 2 aromatic carbocycles. The lowest BCUT2D eigenvalue weighted by Crippen LogP contribution is -2.01. The van der Waals surface area contributed by atoms with Crippen molar-refractivity contribution in [2.24, 2.45) is 7.05 Å². The van der Waals surface area contributed by atoms with Crippen LogP contribution in [0, 0.1) is 6.92 Å². The lowest BCUT2D eigenvalue weighted by molar-refractivity contribution is 0.296. The zero-order chi connectivity index (χ0) is 14.1. The minimum atomic E-state index is 0.218. The summed E-state index contributed by atoms with van der Waals surface area (Å²) < 4.78 is 7.89. The van der Waals surface area contributed by atoms with E-state index in [1.807, 2.05) is 13.1 Å². The van der Waals surface area contributed by atoms with Gasteiger partial charge >= 0.3 is 0 Å². The van der Waals surface area contributed by atoms with Gasteiger partial charge in [0.15, 0.2) is 0 Å². The largest absolute Gasteiger partial charge is 0.508 e. The molecule has 0 atom stereocenters. The van der Waals surface area contributed by atoms with Gasteiger partial charge in [-0.05, 0) is 36.8 Å². The van der Waals surface area contributed by atoms with Crippen molar-refractivity contribution in [3.8, 4) is 11.5 Å². The minimum Gasteiger partial charge on any atom is -0.508 e. The van der Waals surface area contributed by atoms with Crippen molar-refractivity contribution < 1.29 is 9.84 Å². The molecule has 0 unspecified atom stereocenters. The van der Waals surface area contributed by atoms with Gasteiger partial charge in [-0.2, -0.15) is 0 Å². The molecule has 0 bridgehead atoms. The number of aromatic hydroxyl groups is 1. The van der Waals surface area contributed by atoms with E-state index in [2.05, 4.69) is 35.8 Å². The number of benzene rings is 2. The van der Waals surface area contributed by atoms with Gasteiger partial charge in [-0.25, -0.2) is 0 Å². The Bertz CT molecular complexity index is 759. The van der Waals surface area contributed by atoms with Gasteiger partial charge in [0.05, 0.1) is 5.69 Å². The quantitative estimate of drug-likeness (QED) is 0.783. The Labute approximate surface area is 118 Å². The molecule has 0 fully saturated rings. The first kappa shape index (κ1) is 12.6. The lowest BCUT2D eigenvalue weighted by Gasteiger charge is -2.07. The number of hydrogen-bond acceptors (Lipinski definition) is 2. The van der Waals surface area contributed by atoms with E-state index in [9.17, 15) is 5.11 Å². The summed E-state index contributed by atoms with van der Waals surface area (Å²) in [6.07, 6.45) is 0. The summed E-state index contributed by atoms with van der Waals surface area (Å²) in [5, 5.41) is 10.7. The molecule has 0 aliphatic heterocycles. The lowest BCUT2D eigenvalue weighted by atomic mass is 10.1. The Kier molecular flexibility index (Phi) is 3.11. The van der Waals surface area contributed by atoms with Gasteiger partial charge in [-0.1, -0.05) is 18.2 Å². The van der Waals surface area contributed by atoms with Crippen LogP contribution < -0.4 is 4.74 Å². The monoisotopic (exact) mass is 267 g/mol. The molecule has 0 radical (unpaired) electrons. The van der Waals surface area contributed by atoms with Gasteiger partial charge in [0.2, 0.25) is 0 Å². The van der Waals surface area contributed by atoms with E-state index in [4.69, 9.17) is 4.74 Å². The molecule has 3 rings (SSSR count). The average Bonchev–Trinajstić information content (AvgIpc) is 2.75. The van der Waals surface area contributed by atoms with E-state index in [-0.39, 0.29) is 5.75 Å². The summed E-state index contributed by atoms with van der Waals surface area (Å²) in [7, 11) is 2.04. The van der Waals surface area contributed by atoms with Gasteiger partial charge < -0.3 is 14.4 Å². The molecule has 0 spiro atoms. The number of ether oxygens (including phenoxy) is 1. The first-order valence-electron chi connectivity index (χ1n) is 6.61. The van der Waals surface area contributed by atoms with E-state index in [1.54, 1.807) is 18.2 Å². The van der Waals surface area contributed by atoms with Crippen molar-refractivity contribution in [2.45, 2.75) is 13.5 Å². The minimum absolute atomic E-state index is 0.218. The summed E-state index contributed by atoms with van der Waals surface area (Å²) in [6, 6.07) is 15.3. The summed E-state index contributed by atoms with van der Waals surface area (Å²) in [4.78, 5) is 0. The molecule has 0 saturated heterocycles. The standard InChI is InChI=1S/C17H17NO2/c1-12-5-3-8-17-16(12)9-13(18(17)2)11-20-15-7-4-6-14(19)10-15/h3-10,19H,11H2,1-2H3. The zero-order valence-corrected chi connectivity index (χ0v) is 11.6. The third-order valence-corrected chi connectivity index (χ3v) is 3.61. The van der Waals surface area contributed by atoms with Crippen LogP contribution in [0.4, 0.5) is 0 Å². The second-order valence-electron chi connectivity index (χ2n) is 4.99. The Morgan fingerprint density at radius 3 is 2.65 bits per heavy atom. The molecule has 0 saturated carbocycles. The van der Waals surface area contributed by atoms with Crippen LogP contribution in [0.1, 0.15) is 11.3 Å². The van der Waals surface area contributed by atoms with Crippen LogP contribution in [0.3, 0.4) is 0 Å². The second-order valence-corrected chi connectivity index (χ2v) is 4.99. The first-order valence-corrected chi connectivity index (χ1v) is 6.61. The maximum absolute atomic E-state index is 9.43. The molecule has 1 N–H and O–H groups in total. The van der Waals surface area contributed by atoms with Gasteiger partial charge in [-0.3, -0.25) is 0 Å². The topological polar surface area (TPSA) is 34.4 Å². The Hall–Kier alpha value is -2.42. The van der Waals surface area contributed by atoms with Gasteiger partial charge in [0, 0.05) is 24.0 Å². The van der Waals surface area contributed by atoms with Gasteiger partial charge in [-0.15, -0.1) is 0 Å². The Morgan fingerprint density at radius 2 is 1.90 bits per heavy atom. The highest BCUT2D eigenvalue weighted by molar-refractivity contribution is 5.84. The Morgan fingerprint density at radius 1 is 1.10 bits per heavy atom. The van der Waals surface area contributed by atoms with Crippen LogP contribution in [-0.4, -0.2) is 9.67 Å². The van der Waals surface area contributed by atoms with Crippen LogP contribution in [0.25, 0.3) is 10.9 Å². The average molecular weight is 267 g/mol. The molecule has 0 aliphatic carbocycles. The number of phenols is 1. The van der Waals surface area contributed by atoms with Crippen molar-refractivity contribution >= 4 is 10.9 Å². The van der Waals surface area contributed by atoms with Crippen LogP contribution in [0.15, 0.2) is 48.5 Å². The number of fused-ring (bicyclic) bond motifs is 1. The molecule has 3 aromatic rings. The number of hydrogen-bond donors (Lipinski definition) is 1. The number of aryl methyl sites for hydroxylation is 2. The maximum Gasteiger partial charge on any atom is 0.128 e. The number of phenolic OH excluding ortho intramolecular Hbond substituents is 1. The summed E-state index contributed by atoms with van der Waals surface area (Å²) in [5.74, 6) is 0.891. The summed E-state index contributed by atoms with van der Waals surface area (Å²) in [6.45, 7) is 2.59. The third kappa shape index (κ3) is 2.23. The normalized spacial score (nSPS) is 10.9. The van der Waals surface area contributed by atoms with Crippen LogP contribution in [-0.2, 0) is 13.7 Å². The van der Waals surface area contributed by atoms with Gasteiger partial charge in [0.1, 0.15) is 18.1 Å². The predicted octanol–water partition coefficient (Wildman–Crippen LogP) is 3.77. The molecule has 0 amide bonds. The van der Waals surface area contributed by atoms with Crippen molar-refractivity contribution in [2.75, 3.05) is 0 Å². The fraction of sp³-hybridized carbons (Fsp3) is 0.176. The fourth-order valence-electron chi connectivity index (χ4n) is 2.43. The molecular weight excluding hydrogens is 250 g/mol. The van der Waals surface area contributed by atoms with E-state index in [1.165, 1.54) is 16.5 Å². The van der Waals surface area contributed by atoms with Crippen LogP contribution >= 0.6 is 0 Å². The highest BCUT2D eigenvalue weighted by Crippen LogP contribution is 2.24. The fourth-order valence-corrected chi connectivity index (χ4v) is 2.43.